The van der Waals surface area contributed by atoms with Gasteiger partial charge in [-0.15, -0.1) is 0 Å². The van der Waals surface area contributed by atoms with Gasteiger partial charge in [0.15, 0.2) is 5.78 Å². The molecular weight excluding hydrogens is 348 g/mol. The summed E-state index contributed by atoms with van der Waals surface area (Å²) in [5.74, 6) is 0.907. The number of carbonyl (C=O) groups is 3. The van der Waals surface area contributed by atoms with E-state index >= 15 is 0 Å². The van der Waals surface area contributed by atoms with Crippen LogP contribution in [-0.4, -0.2) is 66.8 Å². The number of carbonyl (C=O) groups excluding carboxylic acids is 3. The first kappa shape index (κ1) is 18.2. The van der Waals surface area contributed by atoms with E-state index in [0.29, 0.717) is 61.7 Å². The normalized spacial score (nSPS) is 25.0. The minimum Gasteiger partial charge on any atom is -0.465 e. The van der Waals surface area contributed by atoms with E-state index in [1.54, 1.807) is 18.9 Å². The van der Waals surface area contributed by atoms with Gasteiger partial charge in [-0.05, 0) is 26.2 Å². The molecule has 0 aromatic carbocycles. The van der Waals surface area contributed by atoms with Gasteiger partial charge in [-0.2, -0.15) is 0 Å². The number of amides is 2. The number of rotatable bonds is 4. The lowest BCUT2D eigenvalue weighted by molar-refractivity contribution is -0.140. The molecule has 1 aromatic rings. The van der Waals surface area contributed by atoms with Crippen molar-refractivity contribution in [3.8, 4) is 0 Å². The number of hydrogen-bond donors (Lipinski definition) is 0. The fraction of sp³-hybridized carbons (Fsp3) is 0.650. The van der Waals surface area contributed by atoms with Gasteiger partial charge in [0, 0.05) is 45.6 Å². The van der Waals surface area contributed by atoms with Gasteiger partial charge in [-0.25, -0.2) is 0 Å². The van der Waals surface area contributed by atoms with Crippen LogP contribution in [0.2, 0.25) is 0 Å². The van der Waals surface area contributed by atoms with E-state index in [-0.39, 0.29) is 29.6 Å². The van der Waals surface area contributed by atoms with Gasteiger partial charge in [-0.1, -0.05) is 0 Å². The molecule has 7 heteroatoms. The zero-order valence-electron chi connectivity index (χ0n) is 16.0. The monoisotopic (exact) mass is 374 g/mol. The lowest BCUT2D eigenvalue weighted by atomic mass is 9.92. The van der Waals surface area contributed by atoms with Crippen molar-refractivity contribution < 1.29 is 23.5 Å². The Labute approximate surface area is 158 Å². The topological polar surface area (TPSA) is 80.1 Å². The fourth-order valence-electron chi connectivity index (χ4n) is 4.71. The van der Waals surface area contributed by atoms with Crippen molar-refractivity contribution in [3.05, 3.63) is 22.6 Å². The van der Waals surface area contributed by atoms with Crippen molar-refractivity contribution in [2.75, 3.05) is 33.4 Å². The molecule has 3 saturated heterocycles. The minimum atomic E-state index is -0.178. The molecule has 4 aliphatic rings. The number of furan rings is 1. The summed E-state index contributed by atoms with van der Waals surface area (Å²) >= 11 is 0. The van der Waals surface area contributed by atoms with Crippen LogP contribution in [0.3, 0.4) is 0 Å². The summed E-state index contributed by atoms with van der Waals surface area (Å²) in [6.07, 6.45) is 3.62. The van der Waals surface area contributed by atoms with Crippen LogP contribution in [0.5, 0.6) is 0 Å². The average Bonchev–Trinajstić information content (AvgIpc) is 2.79. The zero-order valence-corrected chi connectivity index (χ0v) is 16.0. The number of Topliss-reactive ketones (excluding diaryl/α,β-unsaturated/α-hetero) is 1. The molecule has 2 bridgehead atoms. The summed E-state index contributed by atoms with van der Waals surface area (Å²) in [4.78, 5) is 42.2. The van der Waals surface area contributed by atoms with Crippen molar-refractivity contribution >= 4 is 17.6 Å². The Morgan fingerprint density at radius 2 is 2.04 bits per heavy atom. The maximum absolute atomic E-state index is 13.4. The van der Waals surface area contributed by atoms with Crippen LogP contribution >= 0.6 is 0 Å². The number of hydrogen-bond acceptors (Lipinski definition) is 5. The van der Waals surface area contributed by atoms with Gasteiger partial charge in [-0.3, -0.25) is 14.4 Å². The van der Waals surface area contributed by atoms with Crippen LogP contribution in [0, 0.1) is 12.8 Å². The van der Waals surface area contributed by atoms with Crippen molar-refractivity contribution in [2.45, 2.75) is 45.1 Å². The summed E-state index contributed by atoms with van der Waals surface area (Å²) in [6, 6.07) is 0.00841. The highest BCUT2D eigenvalue weighted by Gasteiger charge is 2.43. The molecule has 7 nitrogen and oxygen atoms in total. The molecule has 27 heavy (non-hydrogen) atoms. The molecule has 0 N–H and O–H groups in total. The number of methoxy groups -OCH3 is 1. The van der Waals surface area contributed by atoms with Crippen LogP contribution in [0.1, 0.15) is 57.9 Å². The second-order valence-electron chi connectivity index (χ2n) is 7.77. The predicted octanol–water partition coefficient (Wildman–Crippen LogP) is 1.82. The van der Waals surface area contributed by atoms with E-state index in [2.05, 4.69) is 0 Å². The number of piperidine rings is 1. The van der Waals surface area contributed by atoms with E-state index < -0.39 is 0 Å². The number of ketones is 1. The third-order valence-corrected chi connectivity index (χ3v) is 6.07. The number of nitrogens with zero attached hydrogens (tertiary/aromatic N) is 2. The number of aryl methyl sites for hydroxylation is 2. The molecule has 1 aromatic heterocycles. The average molecular weight is 374 g/mol. The molecule has 3 fully saturated rings. The molecule has 2 atom stereocenters. The molecular formula is C20H26N2O5. The van der Waals surface area contributed by atoms with E-state index in [4.69, 9.17) is 9.15 Å². The van der Waals surface area contributed by atoms with Crippen LogP contribution in [-0.2, 0) is 16.0 Å². The fourth-order valence-corrected chi connectivity index (χ4v) is 4.71. The predicted molar refractivity (Wildman–Crippen MR) is 96.7 cm³/mol. The molecule has 0 unspecified atom stereocenters. The van der Waals surface area contributed by atoms with Crippen LogP contribution in [0.4, 0.5) is 0 Å². The highest BCUT2D eigenvalue weighted by Crippen LogP contribution is 2.33. The summed E-state index contributed by atoms with van der Waals surface area (Å²) in [7, 11) is 1.62. The number of fused-ring (bicyclic) bond motifs is 5. The van der Waals surface area contributed by atoms with E-state index in [1.807, 2.05) is 4.90 Å². The molecule has 4 heterocycles. The Hall–Kier alpha value is -2.15. The highest BCUT2D eigenvalue weighted by molar-refractivity contribution is 6.10. The maximum Gasteiger partial charge on any atom is 0.258 e. The first-order valence-corrected chi connectivity index (χ1v) is 9.75. The first-order chi connectivity index (χ1) is 13.0. The van der Waals surface area contributed by atoms with Gasteiger partial charge in [0.1, 0.15) is 11.5 Å². The van der Waals surface area contributed by atoms with Gasteiger partial charge < -0.3 is 19.0 Å². The molecule has 3 aliphatic heterocycles. The second-order valence-corrected chi connectivity index (χ2v) is 7.77. The SMILES string of the molecule is COCCN1C(=O)[C@@H]2CC[C@H]1CN(C(=O)c1c(C)oc3c1C(=O)CCC3)C2. The highest BCUT2D eigenvalue weighted by atomic mass is 16.5. The molecule has 146 valence electrons. The zero-order chi connectivity index (χ0) is 19.1. The first-order valence-electron chi connectivity index (χ1n) is 9.75. The molecule has 2 amide bonds. The molecule has 0 saturated carbocycles. The Kier molecular flexibility index (Phi) is 4.80. The molecule has 5 rings (SSSR count). The van der Waals surface area contributed by atoms with Crippen molar-refractivity contribution in [1.29, 1.82) is 0 Å². The Morgan fingerprint density at radius 1 is 1.22 bits per heavy atom. The van der Waals surface area contributed by atoms with Crippen LogP contribution in [0.25, 0.3) is 0 Å². The molecule has 0 spiro atoms. The maximum atomic E-state index is 13.4. The van der Waals surface area contributed by atoms with Crippen LogP contribution in [0.15, 0.2) is 4.42 Å². The van der Waals surface area contributed by atoms with Gasteiger partial charge in [0.25, 0.3) is 5.91 Å². The lowest BCUT2D eigenvalue weighted by Crippen LogP contribution is -2.49. The Balaban J connectivity index is 1.62. The lowest BCUT2D eigenvalue weighted by Gasteiger charge is -2.35. The van der Waals surface area contributed by atoms with Gasteiger partial charge in [0.2, 0.25) is 5.91 Å². The van der Waals surface area contributed by atoms with Crippen LogP contribution < -0.4 is 0 Å². The summed E-state index contributed by atoms with van der Waals surface area (Å²) < 4.78 is 10.9. The van der Waals surface area contributed by atoms with Gasteiger partial charge in [0.05, 0.1) is 23.7 Å². The van der Waals surface area contributed by atoms with E-state index in [1.165, 1.54) is 0 Å². The largest absolute Gasteiger partial charge is 0.465 e. The van der Waals surface area contributed by atoms with Crippen molar-refractivity contribution in [1.82, 2.24) is 9.80 Å². The molecule has 0 radical (unpaired) electrons. The Morgan fingerprint density at radius 3 is 2.81 bits per heavy atom. The minimum absolute atomic E-state index is 0.00737. The standard InChI is InChI=1S/C20H26N2O5/c1-12-17(18-15(23)4-3-5-16(18)27-12)20(25)21-10-13-6-7-14(11-21)22(19(13)24)8-9-26-2/h13-14H,3-11H2,1-2H3/t13-,14+/m1/s1. The second kappa shape index (κ2) is 7.11. The summed E-state index contributed by atoms with van der Waals surface area (Å²) in [5.41, 5.74) is 0.884. The van der Waals surface area contributed by atoms with Gasteiger partial charge >= 0.3 is 0 Å². The Bertz CT molecular complexity index is 784. The quantitative estimate of drug-likeness (QED) is 0.803. The summed E-state index contributed by atoms with van der Waals surface area (Å²) in [6.45, 7) is 3.70. The third-order valence-electron chi connectivity index (χ3n) is 6.07. The number of ether oxygens (including phenoxy) is 1. The molecule has 1 aliphatic carbocycles. The van der Waals surface area contributed by atoms with E-state index in [9.17, 15) is 14.4 Å². The van der Waals surface area contributed by atoms with E-state index in [0.717, 1.165) is 19.3 Å². The van der Waals surface area contributed by atoms with Crippen molar-refractivity contribution in [2.24, 2.45) is 5.92 Å². The third kappa shape index (κ3) is 3.08. The smallest absolute Gasteiger partial charge is 0.258 e. The summed E-state index contributed by atoms with van der Waals surface area (Å²) in [5, 5.41) is 0. The van der Waals surface area contributed by atoms with Crippen molar-refractivity contribution in [3.63, 3.8) is 0 Å².